The molecular weight excluding hydrogens is 813 g/mol. The molecule has 13 rings (SSSR count). The van der Waals surface area contributed by atoms with Crippen molar-refractivity contribution in [2.45, 2.75) is 38.0 Å². The molecule has 0 bridgehead atoms. The lowest BCUT2D eigenvalue weighted by atomic mass is 9.80. The molecule has 2 aromatic heterocycles. The van der Waals surface area contributed by atoms with Gasteiger partial charge in [0.25, 0.3) is 0 Å². The maximum Gasteiger partial charge on any atom is 0.136 e. The average molecular weight is 861 g/mol. The summed E-state index contributed by atoms with van der Waals surface area (Å²) in [6.45, 7) is 0. The zero-order chi connectivity index (χ0) is 44.3. The van der Waals surface area contributed by atoms with E-state index in [1.807, 2.05) is 12.1 Å². The molecule has 1 fully saturated rings. The molecular formula is C64H48N2O. The molecule has 0 saturated heterocycles. The number of fused-ring (bicyclic) bond motifs is 7. The largest absolute Gasteiger partial charge is 0.456 e. The van der Waals surface area contributed by atoms with E-state index in [1.165, 1.54) is 81.4 Å². The van der Waals surface area contributed by atoms with Gasteiger partial charge in [0.15, 0.2) is 0 Å². The maximum atomic E-state index is 6.35. The fourth-order valence-electron chi connectivity index (χ4n) is 11.3. The SMILES string of the molecule is c1ccc(-n2c3ccccc3c3ccc(-c4ccccc4N(c4ccc(-c5ccc6c(c5)oc5ccccc56)cc4)c4ccccc4-c4cccc5cccc(C6CCCCC6)c45)cc32)cc1. The average Bonchev–Trinajstić information content (AvgIpc) is 3.94. The van der Waals surface area contributed by atoms with Crippen LogP contribution in [0.2, 0.25) is 0 Å². The summed E-state index contributed by atoms with van der Waals surface area (Å²) in [5, 5.41) is 7.45. The fourth-order valence-corrected chi connectivity index (χ4v) is 11.3. The first kappa shape index (κ1) is 39.2. The lowest BCUT2D eigenvalue weighted by Gasteiger charge is -2.31. The second-order valence-electron chi connectivity index (χ2n) is 18.2. The van der Waals surface area contributed by atoms with Crippen molar-refractivity contribution >= 4 is 71.6 Å². The minimum absolute atomic E-state index is 0.565. The van der Waals surface area contributed by atoms with Crippen LogP contribution in [0.25, 0.3) is 93.6 Å². The van der Waals surface area contributed by atoms with E-state index in [-0.39, 0.29) is 0 Å². The van der Waals surface area contributed by atoms with E-state index in [0.717, 1.165) is 66.9 Å². The van der Waals surface area contributed by atoms with E-state index >= 15 is 0 Å². The third-order valence-corrected chi connectivity index (χ3v) is 14.4. The summed E-state index contributed by atoms with van der Waals surface area (Å²) in [6, 6.07) is 82.4. The maximum absolute atomic E-state index is 6.35. The van der Waals surface area contributed by atoms with E-state index in [4.69, 9.17) is 4.42 Å². The van der Waals surface area contributed by atoms with E-state index in [9.17, 15) is 0 Å². The highest BCUT2D eigenvalue weighted by atomic mass is 16.3. The van der Waals surface area contributed by atoms with Gasteiger partial charge in [-0.1, -0.05) is 177 Å². The van der Waals surface area contributed by atoms with Crippen molar-refractivity contribution < 1.29 is 4.42 Å². The van der Waals surface area contributed by atoms with Crippen LogP contribution in [0, 0.1) is 0 Å². The van der Waals surface area contributed by atoms with Crippen LogP contribution in [-0.2, 0) is 0 Å². The Morgan fingerprint density at radius 1 is 0.403 bits per heavy atom. The monoisotopic (exact) mass is 860 g/mol. The standard InChI is InChI=1S/C64H48N2O/c1-3-17-44(18-4-1)51-27-15-19-45-20-16-28-57(64(45)51)53-25-9-13-31-60(53)65(49-37-33-43(34-38-49)46-35-40-56-55-26-10-14-32-62(55)67-63(56)42-46)58-29-11-7-23-50(58)47-36-39-54-52-24-8-12-30-59(52)66(61(54)41-47)48-21-5-2-6-22-48/h2,5-16,19-42,44H,1,3-4,17-18H2. The van der Waals surface area contributed by atoms with E-state index < -0.39 is 0 Å². The summed E-state index contributed by atoms with van der Waals surface area (Å²) < 4.78 is 8.76. The molecule has 1 aliphatic rings. The van der Waals surface area contributed by atoms with Gasteiger partial charge in [-0.2, -0.15) is 0 Å². The summed E-state index contributed by atoms with van der Waals surface area (Å²) >= 11 is 0. The Balaban J connectivity index is 1.01. The number of furan rings is 1. The van der Waals surface area contributed by atoms with Crippen molar-refractivity contribution in [1.82, 2.24) is 4.57 Å². The van der Waals surface area contributed by atoms with Crippen molar-refractivity contribution in [3.05, 3.63) is 230 Å². The molecule has 1 saturated carbocycles. The Morgan fingerprint density at radius 2 is 1.01 bits per heavy atom. The van der Waals surface area contributed by atoms with Gasteiger partial charge in [-0.15, -0.1) is 0 Å². The summed E-state index contributed by atoms with van der Waals surface area (Å²) in [7, 11) is 0. The molecule has 0 radical (unpaired) electrons. The van der Waals surface area contributed by atoms with E-state index in [0.29, 0.717) is 5.92 Å². The first-order valence-corrected chi connectivity index (χ1v) is 23.9. The molecule has 1 aliphatic carbocycles. The quantitative estimate of drug-likeness (QED) is 0.152. The first-order chi connectivity index (χ1) is 33.2. The highest BCUT2D eigenvalue weighted by Gasteiger charge is 2.25. The highest BCUT2D eigenvalue weighted by Crippen LogP contribution is 2.48. The van der Waals surface area contributed by atoms with Gasteiger partial charge in [-0.05, 0) is 124 Å². The summed E-state index contributed by atoms with van der Waals surface area (Å²) in [6.07, 6.45) is 6.42. The zero-order valence-electron chi connectivity index (χ0n) is 37.3. The first-order valence-electron chi connectivity index (χ1n) is 23.9. The minimum atomic E-state index is 0.565. The Morgan fingerprint density at radius 3 is 1.85 bits per heavy atom. The third kappa shape index (κ3) is 6.72. The number of nitrogens with zero attached hydrogens (tertiary/aromatic N) is 2. The zero-order valence-corrected chi connectivity index (χ0v) is 37.3. The van der Waals surface area contributed by atoms with Gasteiger partial charge >= 0.3 is 0 Å². The van der Waals surface area contributed by atoms with Gasteiger partial charge in [-0.25, -0.2) is 0 Å². The number of aromatic nitrogens is 1. The van der Waals surface area contributed by atoms with Gasteiger partial charge in [-0.3, -0.25) is 0 Å². The van der Waals surface area contributed by atoms with Crippen LogP contribution in [-0.4, -0.2) is 4.57 Å². The van der Waals surface area contributed by atoms with Crippen molar-refractivity contribution in [1.29, 1.82) is 0 Å². The molecule has 3 nitrogen and oxygen atoms in total. The second kappa shape index (κ2) is 16.4. The van der Waals surface area contributed by atoms with Gasteiger partial charge in [0.2, 0.25) is 0 Å². The number of hydrogen-bond donors (Lipinski definition) is 0. The van der Waals surface area contributed by atoms with Crippen LogP contribution < -0.4 is 4.90 Å². The smallest absolute Gasteiger partial charge is 0.136 e. The normalized spacial score (nSPS) is 13.3. The predicted molar refractivity (Wildman–Crippen MR) is 282 cm³/mol. The summed E-state index contributed by atoms with van der Waals surface area (Å²) in [4.78, 5) is 2.50. The molecule has 0 aliphatic heterocycles. The van der Waals surface area contributed by atoms with Crippen molar-refractivity contribution in [2.75, 3.05) is 4.90 Å². The van der Waals surface area contributed by atoms with Crippen molar-refractivity contribution in [3.8, 4) is 39.1 Å². The molecule has 0 atom stereocenters. The molecule has 12 aromatic rings. The van der Waals surface area contributed by atoms with E-state index in [1.54, 1.807) is 0 Å². The van der Waals surface area contributed by atoms with Crippen molar-refractivity contribution in [3.63, 3.8) is 0 Å². The Bertz CT molecular complexity index is 3790. The third-order valence-electron chi connectivity index (χ3n) is 14.4. The number of hydrogen-bond acceptors (Lipinski definition) is 2. The van der Waals surface area contributed by atoms with Crippen LogP contribution >= 0.6 is 0 Å². The molecule has 0 spiro atoms. The van der Waals surface area contributed by atoms with Crippen LogP contribution in [0.4, 0.5) is 17.1 Å². The Hall–Kier alpha value is -8.14. The number of para-hydroxylation sites is 5. The van der Waals surface area contributed by atoms with Gasteiger partial charge < -0.3 is 13.9 Å². The molecule has 0 N–H and O–H groups in total. The molecule has 67 heavy (non-hydrogen) atoms. The van der Waals surface area contributed by atoms with Crippen molar-refractivity contribution in [2.24, 2.45) is 0 Å². The highest BCUT2D eigenvalue weighted by molar-refractivity contribution is 6.11. The molecule has 0 amide bonds. The van der Waals surface area contributed by atoms with Gasteiger partial charge in [0.1, 0.15) is 11.2 Å². The summed E-state index contributed by atoms with van der Waals surface area (Å²) in [5.41, 5.74) is 17.2. The molecule has 2 heterocycles. The van der Waals surface area contributed by atoms with Crippen LogP contribution in [0.5, 0.6) is 0 Å². The number of rotatable bonds is 8. The Labute approximate surface area is 390 Å². The molecule has 320 valence electrons. The van der Waals surface area contributed by atoms with Crippen LogP contribution in [0.1, 0.15) is 43.6 Å². The lowest BCUT2D eigenvalue weighted by molar-refractivity contribution is 0.445. The van der Waals surface area contributed by atoms with E-state index in [2.05, 4.69) is 222 Å². The predicted octanol–water partition coefficient (Wildman–Crippen LogP) is 18.4. The van der Waals surface area contributed by atoms with Gasteiger partial charge in [0.05, 0.1) is 22.4 Å². The second-order valence-corrected chi connectivity index (χ2v) is 18.2. The summed E-state index contributed by atoms with van der Waals surface area (Å²) in [5.74, 6) is 0.565. The lowest BCUT2D eigenvalue weighted by Crippen LogP contribution is -2.12. The molecule has 3 heteroatoms. The topological polar surface area (TPSA) is 21.3 Å². The number of benzene rings is 10. The molecule has 10 aromatic carbocycles. The minimum Gasteiger partial charge on any atom is -0.456 e. The van der Waals surface area contributed by atoms with Gasteiger partial charge in [0, 0.05) is 44.0 Å². The fraction of sp³-hybridized carbons (Fsp3) is 0.0938. The number of anilines is 3. The van der Waals surface area contributed by atoms with Crippen LogP contribution in [0.3, 0.4) is 0 Å². The molecule has 0 unspecified atom stereocenters. The Kier molecular flexibility index (Phi) is 9.60. The van der Waals surface area contributed by atoms with Crippen LogP contribution in [0.15, 0.2) is 229 Å².